The van der Waals surface area contributed by atoms with Crippen LogP contribution in [0.2, 0.25) is 5.02 Å². The molecule has 0 saturated carbocycles. The smallest absolute Gasteiger partial charge is 0.322 e. The van der Waals surface area contributed by atoms with Gasteiger partial charge in [-0.25, -0.2) is 4.79 Å². The quantitative estimate of drug-likeness (QED) is 0.787. The van der Waals surface area contributed by atoms with E-state index in [1.165, 1.54) is 0 Å². The van der Waals surface area contributed by atoms with Crippen LogP contribution in [0.5, 0.6) is 5.75 Å². The molecule has 3 rings (SSSR count). The van der Waals surface area contributed by atoms with Crippen LogP contribution in [-0.2, 0) is 0 Å². The van der Waals surface area contributed by atoms with E-state index < -0.39 is 0 Å². The number of benzene rings is 2. The Kier molecular flexibility index (Phi) is 5.82. The van der Waals surface area contributed by atoms with Crippen molar-refractivity contribution in [1.82, 2.24) is 4.90 Å². The van der Waals surface area contributed by atoms with Crippen LogP contribution < -0.4 is 10.1 Å². The Morgan fingerprint density at radius 3 is 2.64 bits per heavy atom. The van der Waals surface area contributed by atoms with Crippen LogP contribution in [0.25, 0.3) is 0 Å². The number of methoxy groups -OCH3 is 1. The number of carbonyl (C=O) groups excluding carboxylic acids is 1. The topological polar surface area (TPSA) is 41.6 Å². The second kappa shape index (κ2) is 8.26. The number of anilines is 1. The van der Waals surface area contributed by atoms with Crippen molar-refractivity contribution in [2.24, 2.45) is 0 Å². The van der Waals surface area contributed by atoms with Gasteiger partial charge in [-0.1, -0.05) is 48.7 Å². The Labute approximate surface area is 153 Å². The van der Waals surface area contributed by atoms with Gasteiger partial charge in [0.1, 0.15) is 5.75 Å². The molecule has 1 heterocycles. The number of amides is 2. The van der Waals surface area contributed by atoms with E-state index in [1.54, 1.807) is 7.11 Å². The van der Waals surface area contributed by atoms with Gasteiger partial charge in [-0.15, -0.1) is 0 Å². The molecule has 2 amide bonds. The Morgan fingerprint density at radius 1 is 1.12 bits per heavy atom. The molecule has 1 unspecified atom stereocenters. The molecule has 4 nitrogen and oxygen atoms in total. The third-order valence-corrected chi connectivity index (χ3v) is 4.87. The third kappa shape index (κ3) is 4.26. The van der Waals surface area contributed by atoms with E-state index in [0.29, 0.717) is 16.5 Å². The van der Waals surface area contributed by atoms with E-state index in [2.05, 4.69) is 5.32 Å². The first-order valence-electron chi connectivity index (χ1n) is 8.65. The number of halogens is 1. The molecule has 0 spiro atoms. The summed E-state index contributed by atoms with van der Waals surface area (Å²) in [7, 11) is 1.60. The second-order valence-corrected chi connectivity index (χ2v) is 6.68. The van der Waals surface area contributed by atoms with Crippen LogP contribution in [0.4, 0.5) is 10.5 Å². The molecule has 1 N–H and O–H groups in total. The van der Waals surface area contributed by atoms with Gasteiger partial charge in [-0.05, 0) is 42.7 Å². The number of para-hydroxylation sites is 2. The zero-order valence-corrected chi connectivity index (χ0v) is 15.1. The maximum absolute atomic E-state index is 13.0. The monoisotopic (exact) mass is 358 g/mol. The highest BCUT2D eigenvalue weighted by atomic mass is 35.5. The average Bonchev–Trinajstić information content (AvgIpc) is 2.89. The summed E-state index contributed by atoms with van der Waals surface area (Å²) in [5.74, 6) is 0.661. The molecule has 0 aromatic heterocycles. The highest BCUT2D eigenvalue weighted by Gasteiger charge is 2.27. The molecular weight excluding hydrogens is 336 g/mol. The summed E-state index contributed by atoms with van der Waals surface area (Å²) >= 11 is 6.02. The predicted octanol–water partition coefficient (Wildman–Crippen LogP) is 5.50. The lowest BCUT2D eigenvalue weighted by atomic mass is 10.0. The van der Waals surface area contributed by atoms with Crippen LogP contribution in [0.3, 0.4) is 0 Å². The fourth-order valence-electron chi connectivity index (χ4n) is 3.32. The lowest BCUT2D eigenvalue weighted by Crippen LogP contribution is -2.38. The van der Waals surface area contributed by atoms with Gasteiger partial charge < -0.3 is 15.0 Å². The largest absolute Gasteiger partial charge is 0.495 e. The number of nitrogens with zero attached hydrogens (tertiary/aromatic N) is 1. The second-order valence-electron chi connectivity index (χ2n) is 6.24. The molecule has 1 atom stereocenters. The van der Waals surface area contributed by atoms with E-state index in [1.807, 2.05) is 53.4 Å². The number of ether oxygens (including phenoxy) is 1. The Bertz CT molecular complexity index is 718. The molecular formula is C20H23ClN2O2. The van der Waals surface area contributed by atoms with Crippen molar-refractivity contribution in [3.63, 3.8) is 0 Å². The number of urea groups is 1. The fourth-order valence-corrected chi connectivity index (χ4v) is 3.44. The lowest BCUT2D eigenvalue weighted by molar-refractivity contribution is 0.189. The maximum Gasteiger partial charge on any atom is 0.322 e. The summed E-state index contributed by atoms with van der Waals surface area (Å²) in [6, 6.07) is 15.2. The maximum atomic E-state index is 13.0. The van der Waals surface area contributed by atoms with Crippen LogP contribution in [-0.4, -0.2) is 24.6 Å². The van der Waals surface area contributed by atoms with Gasteiger partial charge >= 0.3 is 6.03 Å². The summed E-state index contributed by atoms with van der Waals surface area (Å²) in [6.07, 6.45) is 4.23. The van der Waals surface area contributed by atoms with E-state index in [4.69, 9.17) is 16.3 Å². The molecule has 1 aliphatic rings. The number of rotatable bonds is 3. The number of carbonyl (C=O) groups is 1. The van der Waals surface area contributed by atoms with Crippen molar-refractivity contribution >= 4 is 23.3 Å². The zero-order chi connectivity index (χ0) is 17.6. The SMILES string of the molecule is COc1ccccc1NC(=O)N1CCCCCC1c1ccc(Cl)cc1. The van der Waals surface area contributed by atoms with Crippen LogP contribution in [0, 0.1) is 0 Å². The first kappa shape index (κ1) is 17.6. The van der Waals surface area contributed by atoms with Crippen molar-refractivity contribution in [2.75, 3.05) is 19.0 Å². The summed E-state index contributed by atoms with van der Waals surface area (Å²) in [5, 5.41) is 3.72. The minimum atomic E-state index is -0.0913. The van der Waals surface area contributed by atoms with Gasteiger partial charge in [-0.2, -0.15) is 0 Å². The Balaban J connectivity index is 1.83. The predicted molar refractivity (Wildman–Crippen MR) is 101 cm³/mol. The molecule has 2 aromatic rings. The van der Waals surface area contributed by atoms with Crippen molar-refractivity contribution in [3.05, 3.63) is 59.1 Å². The minimum absolute atomic E-state index is 0.0643. The van der Waals surface area contributed by atoms with Crippen LogP contribution in [0.1, 0.15) is 37.3 Å². The van der Waals surface area contributed by atoms with Crippen LogP contribution >= 0.6 is 11.6 Å². The molecule has 1 saturated heterocycles. The first-order chi connectivity index (χ1) is 12.2. The van der Waals surface area contributed by atoms with Gasteiger partial charge in [0.2, 0.25) is 0 Å². The van der Waals surface area contributed by atoms with Crippen molar-refractivity contribution in [3.8, 4) is 5.75 Å². The number of likely N-dealkylation sites (tertiary alicyclic amines) is 1. The molecule has 0 radical (unpaired) electrons. The molecule has 25 heavy (non-hydrogen) atoms. The van der Waals surface area contributed by atoms with Crippen LogP contribution in [0.15, 0.2) is 48.5 Å². The van der Waals surface area contributed by atoms with E-state index in [-0.39, 0.29) is 12.1 Å². The summed E-state index contributed by atoms with van der Waals surface area (Å²) in [5.41, 5.74) is 1.82. The number of hydrogen-bond donors (Lipinski definition) is 1. The standard InChI is InChI=1S/C20H23ClN2O2/c1-25-19-9-5-4-7-17(19)22-20(24)23-14-6-2-3-8-18(23)15-10-12-16(21)13-11-15/h4-5,7,9-13,18H,2-3,6,8,14H2,1H3,(H,22,24). The third-order valence-electron chi connectivity index (χ3n) is 4.62. The average molecular weight is 359 g/mol. The molecule has 0 bridgehead atoms. The molecule has 1 fully saturated rings. The number of hydrogen-bond acceptors (Lipinski definition) is 2. The van der Waals surface area contributed by atoms with Gasteiger partial charge in [0.25, 0.3) is 0 Å². The molecule has 1 aliphatic heterocycles. The Hall–Kier alpha value is -2.20. The van der Waals surface area contributed by atoms with Crippen molar-refractivity contribution in [2.45, 2.75) is 31.7 Å². The van der Waals surface area contributed by atoms with Gasteiger partial charge in [0.05, 0.1) is 18.8 Å². The van der Waals surface area contributed by atoms with E-state index >= 15 is 0 Å². The highest BCUT2D eigenvalue weighted by molar-refractivity contribution is 6.30. The minimum Gasteiger partial charge on any atom is -0.495 e. The first-order valence-corrected chi connectivity index (χ1v) is 9.03. The molecule has 0 aliphatic carbocycles. The summed E-state index contributed by atoms with van der Waals surface area (Å²) in [6.45, 7) is 0.744. The zero-order valence-electron chi connectivity index (χ0n) is 14.4. The lowest BCUT2D eigenvalue weighted by Gasteiger charge is -2.31. The van der Waals surface area contributed by atoms with E-state index in [9.17, 15) is 4.79 Å². The van der Waals surface area contributed by atoms with Gasteiger partial charge in [-0.3, -0.25) is 0 Å². The molecule has 2 aromatic carbocycles. The van der Waals surface area contributed by atoms with Crippen molar-refractivity contribution in [1.29, 1.82) is 0 Å². The fraction of sp³-hybridized carbons (Fsp3) is 0.350. The Morgan fingerprint density at radius 2 is 1.88 bits per heavy atom. The summed E-state index contributed by atoms with van der Waals surface area (Å²) in [4.78, 5) is 14.9. The number of nitrogens with one attached hydrogen (secondary N) is 1. The highest BCUT2D eigenvalue weighted by Crippen LogP contribution is 2.32. The normalized spacial score (nSPS) is 17.7. The molecule has 5 heteroatoms. The van der Waals surface area contributed by atoms with Gasteiger partial charge in [0, 0.05) is 11.6 Å². The van der Waals surface area contributed by atoms with Crippen molar-refractivity contribution < 1.29 is 9.53 Å². The summed E-state index contributed by atoms with van der Waals surface area (Å²) < 4.78 is 5.33. The van der Waals surface area contributed by atoms with E-state index in [0.717, 1.165) is 37.8 Å². The molecule has 132 valence electrons. The van der Waals surface area contributed by atoms with Gasteiger partial charge in [0.15, 0.2) is 0 Å².